The normalized spacial score (nSPS) is 10.5. The van der Waals surface area contributed by atoms with Crippen LogP contribution in [0.4, 0.5) is 0 Å². The third-order valence-corrected chi connectivity index (χ3v) is 3.33. The van der Waals surface area contributed by atoms with Crippen molar-refractivity contribution in [3.05, 3.63) is 48.0 Å². The van der Waals surface area contributed by atoms with Crippen molar-refractivity contribution in [2.45, 2.75) is 33.6 Å². The van der Waals surface area contributed by atoms with Crippen molar-refractivity contribution in [3.8, 4) is 22.6 Å². The zero-order valence-corrected chi connectivity index (χ0v) is 13.8. The van der Waals surface area contributed by atoms with E-state index in [1.54, 1.807) is 18.2 Å². The van der Waals surface area contributed by atoms with Crippen LogP contribution in [0.25, 0.3) is 11.1 Å². The van der Waals surface area contributed by atoms with Crippen LogP contribution in [0, 0.1) is 0 Å². The lowest BCUT2D eigenvalue weighted by Crippen LogP contribution is -2.03. The number of carbonyl (C=O) groups excluding carboxylic acids is 2. The monoisotopic (exact) mass is 312 g/mol. The summed E-state index contributed by atoms with van der Waals surface area (Å²) in [4.78, 5) is 22.1. The van der Waals surface area contributed by atoms with Crippen molar-refractivity contribution in [2.24, 2.45) is 0 Å². The summed E-state index contributed by atoms with van der Waals surface area (Å²) in [6, 6.07) is 13.0. The Balaban J connectivity index is 2.37. The molecule has 2 rings (SSSR count). The van der Waals surface area contributed by atoms with E-state index in [1.807, 2.05) is 24.3 Å². The second-order valence-electron chi connectivity index (χ2n) is 5.62. The summed E-state index contributed by atoms with van der Waals surface area (Å²) in [6.07, 6.45) is 0. The summed E-state index contributed by atoms with van der Waals surface area (Å²) < 4.78 is 10.2. The third-order valence-electron chi connectivity index (χ3n) is 3.33. The van der Waals surface area contributed by atoms with Crippen molar-refractivity contribution in [3.63, 3.8) is 0 Å². The van der Waals surface area contributed by atoms with Crippen LogP contribution in [0.1, 0.15) is 39.2 Å². The van der Waals surface area contributed by atoms with Crippen LogP contribution < -0.4 is 9.47 Å². The Hall–Kier alpha value is -2.62. The number of hydrogen-bond donors (Lipinski definition) is 0. The fourth-order valence-electron chi connectivity index (χ4n) is 2.38. The maximum atomic E-state index is 11.1. The molecule has 2 aromatic carbocycles. The topological polar surface area (TPSA) is 52.6 Å². The lowest BCUT2D eigenvalue weighted by Gasteiger charge is -2.15. The van der Waals surface area contributed by atoms with Crippen LogP contribution in [0.5, 0.6) is 11.5 Å². The minimum atomic E-state index is -0.341. The van der Waals surface area contributed by atoms with Crippen LogP contribution in [0.2, 0.25) is 0 Å². The molecule has 0 radical (unpaired) electrons. The second kappa shape index (κ2) is 7.09. The molecule has 0 unspecified atom stereocenters. The largest absolute Gasteiger partial charge is 0.427 e. The molecule has 23 heavy (non-hydrogen) atoms. The van der Waals surface area contributed by atoms with Crippen LogP contribution in [-0.4, -0.2) is 11.9 Å². The fourth-order valence-corrected chi connectivity index (χ4v) is 2.38. The molecule has 0 aromatic heterocycles. The van der Waals surface area contributed by atoms with E-state index in [-0.39, 0.29) is 17.9 Å². The number of esters is 2. The van der Waals surface area contributed by atoms with Gasteiger partial charge in [-0.3, -0.25) is 9.59 Å². The Labute approximate surface area is 136 Å². The standard InChI is InChI=1S/C19H20O4/c1-12(2)19-11-17(23-14(4)21)9-10-18(19)15-5-7-16(8-6-15)22-13(3)20/h5-12H,1-4H3. The highest BCUT2D eigenvalue weighted by molar-refractivity contribution is 5.73. The van der Waals surface area contributed by atoms with Crippen molar-refractivity contribution < 1.29 is 19.1 Å². The van der Waals surface area contributed by atoms with E-state index in [4.69, 9.17) is 9.47 Å². The number of carbonyl (C=O) groups is 2. The number of rotatable bonds is 4. The van der Waals surface area contributed by atoms with E-state index in [9.17, 15) is 9.59 Å². The van der Waals surface area contributed by atoms with E-state index in [0.717, 1.165) is 16.7 Å². The molecule has 4 heteroatoms. The minimum absolute atomic E-state index is 0.272. The molecule has 0 atom stereocenters. The van der Waals surface area contributed by atoms with Gasteiger partial charge in [0, 0.05) is 13.8 Å². The van der Waals surface area contributed by atoms with Crippen LogP contribution in [0.3, 0.4) is 0 Å². The van der Waals surface area contributed by atoms with Crippen molar-refractivity contribution >= 4 is 11.9 Å². The SMILES string of the molecule is CC(=O)Oc1ccc(-c2ccc(OC(C)=O)cc2C(C)C)cc1. The van der Waals surface area contributed by atoms with E-state index in [0.29, 0.717) is 11.5 Å². The summed E-state index contributed by atoms with van der Waals surface area (Å²) in [6.45, 7) is 6.93. The molecule has 0 aliphatic carbocycles. The Bertz CT molecular complexity index is 715. The number of hydrogen-bond acceptors (Lipinski definition) is 4. The molecular formula is C19H20O4. The quantitative estimate of drug-likeness (QED) is 0.623. The predicted molar refractivity (Wildman–Crippen MR) is 88.6 cm³/mol. The zero-order valence-electron chi connectivity index (χ0n) is 13.8. The molecular weight excluding hydrogens is 292 g/mol. The second-order valence-corrected chi connectivity index (χ2v) is 5.62. The molecule has 0 bridgehead atoms. The molecule has 0 heterocycles. The zero-order chi connectivity index (χ0) is 17.0. The maximum absolute atomic E-state index is 11.1. The van der Waals surface area contributed by atoms with Gasteiger partial charge in [0.2, 0.25) is 0 Å². The molecule has 4 nitrogen and oxygen atoms in total. The average Bonchev–Trinajstić information content (AvgIpc) is 2.47. The Morgan fingerprint density at radius 1 is 0.826 bits per heavy atom. The summed E-state index contributed by atoms with van der Waals surface area (Å²) in [5.41, 5.74) is 3.16. The molecule has 120 valence electrons. The molecule has 0 N–H and O–H groups in total. The van der Waals surface area contributed by atoms with Gasteiger partial charge in [0.15, 0.2) is 0 Å². The van der Waals surface area contributed by atoms with Gasteiger partial charge in [-0.25, -0.2) is 0 Å². The van der Waals surface area contributed by atoms with Gasteiger partial charge in [0.05, 0.1) is 0 Å². The number of benzene rings is 2. The van der Waals surface area contributed by atoms with Gasteiger partial charge >= 0.3 is 11.9 Å². The molecule has 0 saturated carbocycles. The van der Waals surface area contributed by atoms with Gasteiger partial charge in [-0.2, -0.15) is 0 Å². The highest BCUT2D eigenvalue weighted by atomic mass is 16.5. The average molecular weight is 312 g/mol. The fraction of sp³-hybridized carbons (Fsp3) is 0.263. The molecule has 2 aromatic rings. The minimum Gasteiger partial charge on any atom is -0.427 e. The molecule has 0 fully saturated rings. The van der Waals surface area contributed by atoms with Gasteiger partial charge < -0.3 is 9.47 Å². The van der Waals surface area contributed by atoms with E-state index in [1.165, 1.54) is 13.8 Å². The highest BCUT2D eigenvalue weighted by Crippen LogP contribution is 2.33. The maximum Gasteiger partial charge on any atom is 0.308 e. The van der Waals surface area contributed by atoms with Crippen LogP contribution in [0.15, 0.2) is 42.5 Å². The first-order chi connectivity index (χ1) is 10.9. The van der Waals surface area contributed by atoms with Crippen LogP contribution >= 0.6 is 0 Å². The molecule has 0 spiro atoms. The number of ether oxygens (including phenoxy) is 2. The lowest BCUT2D eigenvalue weighted by molar-refractivity contribution is -0.132. The van der Waals surface area contributed by atoms with E-state index >= 15 is 0 Å². The summed E-state index contributed by atoms with van der Waals surface area (Å²) in [7, 11) is 0. The summed E-state index contributed by atoms with van der Waals surface area (Å²) >= 11 is 0. The van der Waals surface area contributed by atoms with E-state index < -0.39 is 0 Å². The molecule has 0 amide bonds. The van der Waals surface area contributed by atoms with E-state index in [2.05, 4.69) is 13.8 Å². The van der Waals surface area contributed by atoms with Gasteiger partial charge in [0.1, 0.15) is 11.5 Å². The summed E-state index contributed by atoms with van der Waals surface area (Å²) in [5.74, 6) is 0.656. The van der Waals surface area contributed by atoms with Gasteiger partial charge in [-0.15, -0.1) is 0 Å². The Kier molecular flexibility index (Phi) is 5.16. The molecule has 0 aliphatic heterocycles. The van der Waals surface area contributed by atoms with Crippen LogP contribution in [-0.2, 0) is 9.59 Å². The molecule has 0 aliphatic rings. The highest BCUT2D eigenvalue weighted by Gasteiger charge is 2.11. The first-order valence-corrected chi connectivity index (χ1v) is 7.48. The summed E-state index contributed by atoms with van der Waals surface area (Å²) in [5, 5.41) is 0. The smallest absolute Gasteiger partial charge is 0.308 e. The van der Waals surface area contributed by atoms with Gasteiger partial charge in [0.25, 0.3) is 0 Å². The Morgan fingerprint density at radius 2 is 1.35 bits per heavy atom. The van der Waals surface area contributed by atoms with Crippen molar-refractivity contribution in [2.75, 3.05) is 0 Å². The van der Waals surface area contributed by atoms with Crippen molar-refractivity contribution in [1.82, 2.24) is 0 Å². The first kappa shape index (κ1) is 16.7. The third kappa shape index (κ3) is 4.42. The van der Waals surface area contributed by atoms with Crippen molar-refractivity contribution in [1.29, 1.82) is 0 Å². The van der Waals surface area contributed by atoms with Gasteiger partial charge in [-0.05, 0) is 46.9 Å². The first-order valence-electron chi connectivity index (χ1n) is 7.48. The predicted octanol–water partition coefficient (Wildman–Crippen LogP) is 4.33. The van der Waals surface area contributed by atoms with Gasteiger partial charge in [-0.1, -0.05) is 32.0 Å². The lowest BCUT2D eigenvalue weighted by atomic mass is 9.92. The Morgan fingerprint density at radius 3 is 1.87 bits per heavy atom. The molecule has 0 saturated heterocycles.